The van der Waals surface area contributed by atoms with Gasteiger partial charge in [0.2, 0.25) is 5.91 Å². The van der Waals surface area contributed by atoms with Gasteiger partial charge in [-0.15, -0.1) is 0 Å². The van der Waals surface area contributed by atoms with Crippen LogP contribution in [-0.2, 0) is 9.59 Å². The summed E-state index contributed by atoms with van der Waals surface area (Å²) in [6, 6.07) is 0.153. The Balaban J connectivity index is 4.32. The number of carbonyl (C=O) groups is 2. The van der Waals surface area contributed by atoms with E-state index in [1.54, 1.807) is 0 Å². The molecule has 0 bridgehead atoms. The van der Waals surface area contributed by atoms with Crippen LogP contribution in [0.2, 0.25) is 0 Å². The molecule has 106 valence electrons. The van der Waals surface area contributed by atoms with Crippen molar-refractivity contribution in [1.82, 2.24) is 10.2 Å². The van der Waals surface area contributed by atoms with E-state index >= 15 is 0 Å². The summed E-state index contributed by atoms with van der Waals surface area (Å²) in [6.07, 6.45) is 0.915. The second-order valence-electron chi connectivity index (χ2n) is 5.49. The molecule has 18 heavy (non-hydrogen) atoms. The fourth-order valence-corrected chi connectivity index (χ4v) is 1.45. The van der Waals surface area contributed by atoms with Crippen molar-refractivity contribution in [1.29, 1.82) is 0 Å². The third-order valence-corrected chi connectivity index (χ3v) is 3.05. The smallest absolute Gasteiger partial charge is 0.304 e. The first-order valence-electron chi connectivity index (χ1n) is 6.44. The summed E-state index contributed by atoms with van der Waals surface area (Å²) in [4.78, 5) is 24.3. The van der Waals surface area contributed by atoms with Crippen LogP contribution in [0.1, 0.15) is 47.5 Å². The largest absolute Gasteiger partial charge is 0.481 e. The van der Waals surface area contributed by atoms with Gasteiger partial charge in [0, 0.05) is 18.1 Å². The monoisotopic (exact) mass is 258 g/mol. The quantitative estimate of drug-likeness (QED) is 0.692. The molecule has 0 aromatic carbocycles. The average Bonchev–Trinajstić information content (AvgIpc) is 2.22. The molecular formula is C13H26N2O3. The Kier molecular flexibility index (Phi) is 6.91. The maximum absolute atomic E-state index is 11.9. The van der Waals surface area contributed by atoms with Crippen LogP contribution in [0.4, 0.5) is 0 Å². The first-order chi connectivity index (χ1) is 8.18. The fraction of sp³-hybridized carbons (Fsp3) is 0.846. The number of hydrogen-bond acceptors (Lipinski definition) is 3. The Morgan fingerprint density at radius 2 is 1.89 bits per heavy atom. The predicted molar refractivity (Wildman–Crippen MR) is 71.5 cm³/mol. The van der Waals surface area contributed by atoms with Crippen molar-refractivity contribution in [2.75, 3.05) is 13.1 Å². The van der Waals surface area contributed by atoms with E-state index in [1.807, 2.05) is 39.5 Å². The summed E-state index contributed by atoms with van der Waals surface area (Å²) in [6.45, 7) is 10.5. The van der Waals surface area contributed by atoms with E-state index in [2.05, 4.69) is 5.32 Å². The van der Waals surface area contributed by atoms with Crippen molar-refractivity contribution >= 4 is 11.9 Å². The Bertz CT molecular complexity index is 288. The number of carbonyl (C=O) groups excluding carboxylic acids is 1. The number of rotatable bonds is 8. The van der Waals surface area contributed by atoms with Gasteiger partial charge in [-0.1, -0.05) is 6.92 Å². The standard InChI is InChI=1S/C13H26N2O3/c1-6-13(4,5)14-11(16)9-15(10(2)3)8-7-12(17)18/h10H,6-9H2,1-5H3,(H,14,16)(H,17,18). The molecule has 0 atom stereocenters. The van der Waals surface area contributed by atoms with Gasteiger partial charge in [0.25, 0.3) is 0 Å². The van der Waals surface area contributed by atoms with Gasteiger partial charge in [-0.05, 0) is 34.1 Å². The second-order valence-corrected chi connectivity index (χ2v) is 5.49. The van der Waals surface area contributed by atoms with E-state index in [1.165, 1.54) is 0 Å². The van der Waals surface area contributed by atoms with Crippen molar-refractivity contribution in [3.63, 3.8) is 0 Å². The van der Waals surface area contributed by atoms with Gasteiger partial charge in [-0.2, -0.15) is 0 Å². The van der Waals surface area contributed by atoms with Crippen LogP contribution in [0.5, 0.6) is 0 Å². The lowest BCUT2D eigenvalue weighted by Gasteiger charge is -2.29. The minimum absolute atomic E-state index is 0.0547. The molecule has 5 heteroatoms. The number of aliphatic carboxylic acids is 1. The minimum atomic E-state index is -0.838. The maximum Gasteiger partial charge on any atom is 0.304 e. The Morgan fingerprint density at radius 1 is 1.33 bits per heavy atom. The highest BCUT2D eigenvalue weighted by Crippen LogP contribution is 2.07. The highest BCUT2D eigenvalue weighted by Gasteiger charge is 2.21. The van der Waals surface area contributed by atoms with Crippen molar-refractivity contribution < 1.29 is 14.7 Å². The van der Waals surface area contributed by atoms with E-state index in [-0.39, 0.29) is 30.5 Å². The molecule has 0 aliphatic rings. The Morgan fingerprint density at radius 3 is 2.28 bits per heavy atom. The van der Waals surface area contributed by atoms with Gasteiger partial charge < -0.3 is 10.4 Å². The molecular weight excluding hydrogens is 232 g/mol. The second kappa shape index (κ2) is 7.36. The van der Waals surface area contributed by atoms with Crippen molar-refractivity contribution in [2.45, 2.75) is 59.0 Å². The molecule has 0 unspecified atom stereocenters. The lowest BCUT2D eigenvalue weighted by molar-refractivity contribution is -0.138. The molecule has 0 aromatic rings. The zero-order valence-corrected chi connectivity index (χ0v) is 12.1. The third kappa shape index (κ3) is 7.27. The fourth-order valence-electron chi connectivity index (χ4n) is 1.45. The topological polar surface area (TPSA) is 69.6 Å². The summed E-state index contributed by atoms with van der Waals surface area (Å²) in [5.41, 5.74) is -0.216. The molecule has 0 radical (unpaired) electrons. The van der Waals surface area contributed by atoms with Crippen LogP contribution in [0, 0.1) is 0 Å². The summed E-state index contributed by atoms with van der Waals surface area (Å²) in [7, 11) is 0. The Hall–Kier alpha value is -1.10. The SMILES string of the molecule is CCC(C)(C)NC(=O)CN(CCC(=O)O)C(C)C. The van der Waals surface area contributed by atoms with Crippen molar-refractivity contribution in [3.05, 3.63) is 0 Å². The van der Waals surface area contributed by atoms with Crippen LogP contribution in [0.3, 0.4) is 0 Å². The molecule has 0 spiro atoms. The molecule has 0 aliphatic carbocycles. The van der Waals surface area contributed by atoms with E-state index < -0.39 is 5.97 Å². The summed E-state index contributed by atoms with van der Waals surface area (Å²) >= 11 is 0. The van der Waals surface area contributed by atoms with Crippen molar-refractivity contribution in [2.24, 2.45) is 0 Å². The van der Waals surface area contributed by atoms with E-state index in [0.717, 1.165) is 6.42 Å². The molecule has 0 heterocycles. The molecule has 0 saturated carbocycles. The van der Waals surface area contributed by atoms with Gasteiger partial charge in [0.05, 0.1) is 13.0 Å². The average molecular weight is 258 g/mol. The first kappa shape index (κ1) is 16.9. The Labute approximate surface area is 110 Å². The van der Waals surface area contributed by atoms with Crippen LogP contribution in [0.25, 0.3) is 0 Å². The summed E-state index contributed by atoms with van der Waals surface area (Å²) < 4.78 is 0. The highest BCUT2D eigenvalue weighted by atomic mass is 16.4. The zero-order valence-electron chi connectivity index (χ0n) is 12.1. The summed E-state index contributed by atoms with van der Waals surface area (Å²) in [5, 5.41) is 11.6. The number of carboxylic acids is 1. The molecule has 0 aromatic heterocycles. The predicted octanol–water partition coefficient (Wildman–Crippen LogP) is 1.48. The van der Waals surface area contributed by atoms with Gasteiger partial charge in [-0.25, -0.2) is 0 Å². The van der Waals surface area contributed by atoms with Gasteiger partial charge in [0.1, 0.15) is 0 Å². The van der Waals surface area contributed by atoms with Gasteiger partial charge >= 0.3 is 5.97 Å². The summed E-state index contributed by atoms with van der Waals surface area (Å²) in [5.74, 6) is -0.893. The number of nitrogens with zero attached hydrogens (tertiary/aromatic N) is 1. The normalized spacial score (nSPS) is 11.9. The number of amides is 1. The van der Waals surface area contributed by atoms with Crippen LogP contribution in [-0.4, -0.2) is 46.6 Å². The number of nitrogens with one attached hydrogen (secondary N) is 1. The van der Waals surface area contributed by atoms with E-state index in [0.29, 0.717) is 6.54 Å². The molecule has 2 N–H and O–H groups in total. The van der Waals surface area contributed by atoms with Gasteiger partial charge in [-0.3, -0.25) is 14.5 Å². The lowest BCUT2D eigenvalue weighted by atomic mass is 10.0. The third-order valence-electron chi connectivity index (χ3n) is 3.05. The minimum Gasteiger partial charge on any atom is -0.481 e. The molecule has 5 nitrogen and oxygen atoms in total. The number of carboxylic acid groups (broad SMARTS) is 1. The first-order valence-corrected chi connectivity index (χ1v) is 6.44. The molecule has 0 fully saturated rings. The zero-order chi connectivity index (χ0) is 14.3. The van der Waals surface area contributed by atoms with Crippen LogP contribution in [0.15, 0.2) is 0 Å². The van der Waals surface area contributed by atoms with E-state index in [9.17, 15) is 9.59 Å². The molecule has 0 aliphatic heterocycles. The molecule has 0 rings (SSSR count). The van der Waals surface area contributed by atoms with Gasteiger partial charge in [0.15, 0.2) is 0 Å². The molecule has 0 saturated heterocycles. The molecule has 1 amide bonds. The maximum atomic E-state index is 11.9. The highest BCUT2D eigenvalue weighted by molar-refractivity contribution is 5.78. The lowest BCUT2D eigenvalue weighted by Crippen LogP contribution is -2.49. The number of hydrogen-bond donors (Lipinski definition) is 2. The van der Waals surface area contributed by atoms with E-state index in [4.69, 9.17) is 5.11 Å². The van der Waals surface area contributed by atoms with Crippen molar-refractivity contribution in [3.8, 4) is 0 Å². The van der Waals surface area contributed by atoms with Crippen LogP contribution < -0.4 is 5.32 Å². The van der Waals surface area contributed by atoms with Crippen LogP contribution >= 0.6 is 0 Å².